The molecule has 1 aromatic carbocycles. The van der Waals surface area contributed by atoms with Crippen LogP contribution in [0.25, 0.3) is 0 Å². The number of benzene rings is 1. The van der Waals surface area contributed by atoms with E-state index in [1.807, 2.05) is 6.08 Å². The van der Waals surface area contributed by atoms with Gasteiger partial charge in [0.25, 0.3) is 5.91 Å². The molecule has 1 atom stereocenters. The molecule has 0 bridgehead atoms. The van der Waals surface area contributed by atoms with Crippen LogP contribution in [0.1, 0.15) is 50.2 Å². The van der Waals surface area contributed by atoms with E-state index in [4.69, 9.17) is 4.74 Å². The predicted molar refractivity (Wildman–Crippen MR) is 94.7 cm³/mol. The van der Waals surface area contributed by atoms with Crippen molar-refractivity contribution in [2.24, 2.45) is 5.92 Å². The summed E-state index contributed by atoms with van der Waals surface area (Å²) in [5, 5.41) is 2.80. The molecule has 1 aromatic rings. The molecule has 0 spiro atoms. The van der Waals surface area contributed by atoms with Crippen molar-refractivity contribution >= 4 is 11.9 Å². The fraction of sp³-hybridized carbons (Fsp3) is 0.500. The first kappa shape index (κ1) is 18.2. The van der Waals surface area contributed by atoms with E-state index in [2.05, 4.69) is 49.5 Å². The van der Waals surface area contributed by atoms with Gasteiger partial charge in [-0.1, -0.05) is 50.3 Å². The largest absolute Gasteiger partial charge is 0.455 e. The zero-order chi connectivity index (χ0) is 17.4. The Bertz CT molecular complexity index is 575. The number of nitrogens with one attached hydrogen (secondary N) is 1. The lowest BCUT2D eigenvalue weighted by molar-refractivity contribution is -0.152. The van der Waals surface area contributed by atoms with Crippen LogP contribution in [0.3, 0.4) is 0 Å². The molecule has 0 saturated carbocycles. The smallest absolute Gasteiger partial charge is 0.309 e. The Morgan fingerprint density at radius 2 is 1.96 bits per heavy atom. The maximum atomic E-state index is 11.8. The van der Waals surface area contributed by atoms with Crippen LogP contribution in [-0.2, 0) is 20.7 Å². The highest BCUT2D eigenvalue weighted by atomic mass is 16.5. The Kier molecular flexibility index (Phi) is 7.04. The van der Waals surface area contributed by atoms with Gasteiger partial charge in [0, 0.05) is 6.54 Å². The molecular weight excluding hydrogens is 302 g/mol. The standard InChI is InChI=1S/C20H27NO3/c1-15(2)17-10-8-16(9-11-17)12-13-21-19(22)14-24-20(23)18-6-4-3-5-7-18/h3-4,8-11,15,18H,5-7,12-14H2,1-2H3,(H,21,22)/t18-/m0/s1. The number of carbonyl (C=O) groups is 2. The number of hydrogen-bond acceptors (Lipinski definition) is 3. The van der Waals surface area contributed by atoms with Gasteiger partial charge in [0.15, 0.2) is 6.61 Å². The van der Waals surface area contributed by atoms with Gasteiger partial charge in [-0.2, -0.15) is 0 Å². The fourth-order valence-electron chi connectivity index (χ4n) is 2.73. The highest BCUT2D eigenvalue weighted by Crippen LogP contribution is 2.19. The lowest BCUT2D eigenvalue weighted by atomic mass is 9.95. The zero-order valence-corrected chi connectivity index (χ0v) is 14.6. The summed E-state index contributed by atoms with van der Waals surface area (Å²) >= 11 is 0. The normalized spacial score (nSPS) is 16.9. The van der Waals surface area contributed by atoms with Crippen molar-refractivity contribution in [3.63, 3.8) is 0 Å². The van der Waals surface area contributed by atoms with E-state index < -0.39 is 0 Å². The molecule has 0 saturated heterocycles. The molecule has 0 aromatic heterocycles. The van der Waals surface area contributed by atoms with Crippen LogP contribution in [0.5, 0.6) is 0 Å². The number of hydrogen-bond donors (Lipinski definition) is 1. The molecule has 130 valence electrons. The molecule has 0 aliphatic heterocycles. The van der Waals surface area contributed by atoms with Gasteiger partial charge < -0.3 is 10.1 Å². The third-order valence-electron chi connectivity index (χ3n) is 4.33. The first-order valence-corrected chi connectivity index (χ1v) is 8.73. The molecular formula is C20H27NO3. The Morgan fingerprint density at radius 1 is 1.21 bits per heavy atom. The number of ether oxygens (including phenoxy) is 1. The van der Waals surface area contributed by atoms with Crippen LogP contribution in [0.2, 0.25) is 0 Å². The molecule has 1 aliphatic rings. The van der Waals surface area contributed by atoms with Crippen molar-refractivity contribution in [3.8, 4) is 0 Å². The maximum Gasteiger partial charge on any atom is 0.309 e. The third-order valence-corrected chi connectivity index (χ3v) is 4.33. The highest BCUT2D eigenvalue weighted by Gasteiger charge is 2.20. The van der Waals surface area contributed by atoms with Gasteiger partial charge in [-0.15, -0.1) is 0 Å². The predicted octanol–water partition coefficient (Wildman–Crippen LogP) is 3.37. The third kappa shape index (κ3) is 5.84. The fourth-order valence-corrected chi connectivity index (χ4v) is 2.73. The van der Waals surface area contributed by atoms with Crippen molar-refractivity contribution in [3.05, 3.63) is 47.5 Å². The second-order valence-electron chi connectivity index (χ2n) is 6.59. The molecule has 0 radical (unpaired) electrons. The van der Waals surface area contributed by atoms with Crippen LogP contribution in [0, 0.1) is 5.92 Å². The Morgan fingerprint density at radius 3 is 2.58 bits per heavy atom. The van der Waals surface area contributed by atoms with Crippen LogP contribution >= 0.6 is 0 Å². The van der Waals surface area contributed by atoms with Crippen LogP contribution < -0.4 is 5.32 Å². The van der Waals surface area contributed by atoms with Crippen molar-refractivity contribution in [2.45, 2.75) is 45.4 Å². The van der Waals surface area contributed by atoms with Crippen molar-refractivity contribution < 1.29 is 14.3 Å². The van der Waals surface area contributed by atoms with Gasteiger partial charge in [0.2, 0.25) is 0 Å². The van der Waals surface area contributed by atoms with Gasteiger partial charge in [0.05, 0.1) is 5.92 Å². The van der Waals surface area contributed by atoms with Gasteiger partial charge in [-0.3, -0.25) is 9.59 Å². The van der Waals surface area contributed by atoms with Crippen LogP contribution in [-0.4, -0.2) is 25.0 Å². The minimum absolute atomic E-state index is 0.0951. The molecule has 2 rings (SSSR count). The summed E-state index contributed by atoms with van der Waals surface area (Å²) in [5.41, 5.74) is 2.50. The molecule has 0 unspecified atom stereocenters. The van der Waals surface area contributed by atoms with E-state index in [1.54, 1.807) is 0 Å². The zero-order valence-electron chi connectivity index (χ0n) is 14.6. The lowest BCUT2D eigenvalue weighted by Crippen LogP contribution is -2.31. The van der Waals surface area contributed by atoms with Gasteiger partial charge in [-0.25, -0.2) is 0 Å². The minimum Gasteiger partial charge on any atom is -0.455 e. The van der Waals surface area contributed by atoms with E-state index in [1.165, 1.54) is 11.1 Å². The second-order valence-corrected chi connectivity index (χ2v) is 6.59. The molecule has 0 fully saturated rings. The van der Waals surface area contributed by atoms with E-state index in [0.717, 1.165) is 19.3 Å². The molecule has 1 aliphatic carbocycles. The first-order valence-electron chi connectivity index (χ1n) is 8.73. The first-order chi connectivity index (χ1) is 11.6. The molecule has 24 heavy (non-hydrogen) atoms. The average molecular weight is 329 g/mol. The number of allylic oxidation sites excluding steroid dienone is 2. The maximum absolute atomic E-state index is 11.8. The number of amides is 1. The van der Waals surface area contributed by atoms with E-state index in [9.17, 15) is 9.59 Å². The summed E-state index contributed by atoms with van der Waals surface area (Å²) in [4.78, 5) is 23.6. The molecule has 0 heterocycles. The summed E-state index contributed by atoms with van der Waals surface area (Å²) in [7, 11) is 0. The SMILES string of the molecule is CC(C)c1ccc(CCNC(=O)COC(=O)[C@H]2CC=CCC2)cc1. The van der Waals surface area contributed by atoms with E-state index in [-0.39, 0.29) is 24.4 Å². The Balaban J connectivity index is 1.64. The topological polar surface area (TPSA) is 55.4 Å². The quantitative estimate of drug-likeness (QED) is 0.616. The number of carbonyl (C=O) groups excluding carboxylic acids is 2. The lowest BCUT2D eigenvalue weighted by Gasteiger charge is -2.16. The molecule has 4 nitrogen and oxygen atoms in total. The summed E-state index contributed by atoms with van der Waals surface area (Å²) in [6.45, 7) is 4.69. The summed E-state index contributed by atoms with van der Waals surface area (Å²) in [6, 6.07) is 8.45. The van der Waals surface area contributed by atoms with Crippen molar-refractivity contribution in [1.29, 1.82) is 0 Å². The monoisotopic (exact) mass is 329 g/mol. The van der Waals surface area contributed by atoms with E-state index >= 15 is 0 Å². The summed E-state index contributed by atoms with van der Waals surface area (Å²) < 4.78 is 5.10. The van der Waals surface area contributed by atoms with Crippen molar-refractivity contribution in [2.75, 3.05) is 13.2 Å². The molecule has 1 N–H and O–H groups in total. The molecule has 1 amide bonds. The number of rotatable bonds is 7. The average Bonchev–Trinajstić information content (AvgIpc) is 2.61. The van der Waals surface area contributed by atoms with Crippen LogP contribution in [0.15, 0.2) is 36.4 Å². The second kappa shape index (κ2) is 9.26. The van der Waals surface area contributed by atoms with Crippen molar-refractivity contribution in [1.82, 2.24) is 5.32 Å². The summed E-state index contributed by atoms with van der Waals surface area (Å²) in [5.74, 6) is -0.0809. The van der Waals surface area contributed by atoms with Gasteiger partial charge in [-0.05, 0) is 42.7 Å². The minimum atomic E-state index is -0.265. The molecule has 4 heteroatoms. The highest BCUT2D eigenvalue weighted by molar-refractivity contribution is 5.81. The van der Waals surface area contributed by atoms with Gasteiger partial charge in [0.1, 0.15) is 0 Å². The van der Waals surface area contributed by atoms with Crippen LogP contribution in [0.4, 0.5) is 0 Å². The number of esters is 1. The summed E-state index contributed by atoms with van der Waals surface area (Å²) in [6.07, 6.45) is 7.27. The Labute approximate surface area is 144 Å². The van der Waals surface area contributed by atoms with Gasteiger partial charge >= 0.3 is 5.97 Å². The Hall–Kier alpha value is -2.10. The van der Waals surface area contributed by atoms with E-state index in [0.29, 0.717) is 18.9 Å².